The molecule has 2 fully saturated rings. The van der Waals surface area contributed by atoms with Gasteiger partial charge in [0.25, 0.3) is 5.56 Å². The summed E-state index contributed by atoms with van der Waals surface area (Å²) in [6.45, 7) is 8.69. The van der Waals surface area contributed by atoms with E-state index in [1.54, 1.807) is 10.6 Å². The van der Waals surface area contributed by atoms with Crippen molar-refractivity contribution in [2.75, 3.05) is 0 Å². The van der Waals surface area contributed by atoms with Crippen LogP contribution in [0.5, 0.6) is 0 Å². The van der Waals surface area contributed by atoms with Gasteiger partial charge in [-0.1, -0.05) is 51.7 Å². The van der Waals surface area contributed by atoms with Crippen molar-refractivity contribution in [2.45, 2.75) is 77.5 Å². The van der Waals surface area contributed by atoms with E-state index in [0.717, 1.165) is 31.2 Å². The highest BCUT2D eigenvalue weighted by molar-refractivity contribution is 5.88. The molecule has 4 rings (SSSR count). The second kappa shape index (κ2) is 8.47. The van der Waals surface area contributed by atoms with E-state index in [0.29, 0.717) is 29.4 Å². The zero-order chi connectivity index (χ0) is 22.3. The predicted molar refractivity (Wildman–Crippen MR) is 121 cm³/mol. The molecule has 2 aliphatic rings. The van der Waals surface area contributed by atoms with E-state index in [1.165, 1.54) is 0 Å². The summed E-state index contributed by atoms with van der Waals surface area (Å²) < 4.78 is 1.71. The van der Waals surface area contributed by atoms with Gasteiger partial charge in [0.2, 0.25) is 5.69 Å². The van der Waals surface area contributed by atoms with Crippen molar-refractivity contribution in [1.29, 1.82) is 0 Å². The molecule has 0 aliphatic carbocycles. The Balaban J connectivity index is 1.73. The van der Waals surface area contributed by atoms with Gasteiger partial charge in [0, 0.05) is 24.0 Å². The number of carbonyl (C=O) groups is 1. The molecule has 0 radical (unpaired) electrons. The molecule has 1 unspecified atom stereocenters. The van der Waals surface area contributed by atoms with E-state index in [9.17, 15) is 14.7 Å². The lowest BCUT2D eigenvalue weighted by Crippen LogP contribution is -2.51. The molecule has 1 aromatic heterocycles. The lowest BCUT2D eigenvalue weighted by molar-refractivity contribution is 0.0649. The van der Waals surface area contributed by atoms with Gasteiger partial charge in [-0.25, -0.2) is 9.78 Å². The van der Waals surface area contributed by atoms with Crippen LogP contribution in [0.4, 0.5) is 0 Å². The monoisotopic (exact) mass is 421 g/mol. The zero-order valence-corrected chi connectivity index (χ0v) is 18.7. The van der Waals surface area contributed by atoms with Gasteiger partial charge in [0.1, 0.15) is 0 Å². The number of rotatable bonds is 4. The van der Waals surface area contributed by atoms with Crippen LogP contribution in [0.2, 0.25) is 0 Å². The Morgan fingerprint density at radius 3 is 2.29 bits per heavy atom. The van der Waals surface area contributed by atoms with Crippen molar-refractivity contribution >= 4 is 17.0 Å². The van der Waals surface area contributed by atoms with Gasteiger partial charge < -0.3 is 9.67 Å². The Morgan fingerprint density at radius 2 is 1.71 bits per heavy atom. The van der Waals surface area contributed by atoms with E-state index in [-0.39, 0.29) is 12.1 Å². The quantitative estimate of drug-likeness (QED) is 0.757. The summed E-state index contributed by atoms with van der Waals surface area (Å²) >= 11 is 0. The van der Waals surface area contributed by atoms with Crippen LogP contribution in [-0.2, 0) is 0 Å². The molecule has 6 heteroatoms. The van der Waals surface area contributed by atoms with Crippen LogP contribution in [0.25, 0.3) is 11.0 Å². The Kier molecular flexibility index (Phi) is 5.90. The third-order valence-corrected chi connectivity index (χ3v) is 6.60. The highest BCUT2D eigenvalue weighted by atomic mass is 16.4. The fourth-order valence-corrected chi connectivity index (χ4v) is 5.34. The van der Waals surface area contributed by atoms with Crippen LogP contribution in [0, 0.1) is 23.7 Å². The van der Waals surface area contributed by atoms with E-state index in [1.807, 2.05) is 18.2 Å². The Morgan fingerprint density at radius 1 is 1.06 bits per heavy atom. The minimum atomic E-state index is -1.27. The normalized spacial score (nSPS) is 24.4. The summed E-state index contributed by atoms with van der Waals surface area (Å²) in [4.78, 5) is 31.5. The molecule has 0 spiro atoms. The van der Waals surface area contributed by atoms with Crippen LogP contribution in [0.3, 0.4) is 0 Å². The second-order valence-corrected chi connectivity index (χ2v) is 9.52. The van der Waals surface area contributed by atoms with Crippen molar-refractivity contribution in [1.82, 2.24) is 14.5 Å². The van der Waals surface area contributed by atoms with Crippen molar-refractivity contribution in [3.05, 3.63) is 40.3 Å². The van der Waals surface area contributed by atoms with Crippen LogP contribution >= 0.6 is 0 Å². The molecule has 0 saturated carbocycles. The molecule has 6 nitrogen and oxygen atoms in total. The zero-order valence-electron chi connectivity index (χ0n) is 18.7. The van der Waals surface area contributed by atoms with E-state index in [2.05, 4.69) is 49.4 Å². The lowest BCUT2D eigenvalue weighted by atomic mass is 9.91. The van der Waals surface area contributed by atoms with Crippen molar-refractivity contribution in [3.8, 4) is 11.8 Å². The number of para-hydroxylation sites is 2. The first-order chi connectivity index (χ1) is 14.8. The number of aromatic nitrogens is 2. The number of fused-ring (bicyclic) bond motifs is 3. The maximum Gasteiger partial charge on any atom is 0.360 e. The summed E-state index contributed by atoms with van der Waals surface area (Å²) in [6, 6.07) is 8.23. The lowest BCUT2D eigenvalue weighted by Gasteiger charge is -2.44. The molecule has 1 N–H and O–H groups in total. The molecule has 164 valence electrons. The average Bonchev–Trinajstić information content (AvgIpc) is 2.96. The summed E-state index contributed by atoms with van der Waals surface area (Å²) in [5.74, 6) is 6.39. The summed E-state index contributed by atoms with van der Waals surface area (Å²) in [6.07, 6.45) is 3.85. The molecule has 0 amide bonds. The molecular formula is C25H31N3O3. The smallest absolute Gasteiger partial charge is 0.360 e. The van der Waals surface area contributed by atoms with Crippen molar-refractivity contribution < 1.29 is 9.90 Å². The molecule has 2 aliphatic heterocycles. The first-order valence-electron chi connectivity index (χ1n) is 11.3. The van der Waals surface area contributed by atoms with E-state index in [4.69, 9.17) is 0 Å². The largest absolute Gasteiger partial charge is 0.476 e. The van der Waals surface area contributed by atoms with E-state index < -0.39 is 17.2 Å². The van der Waals surface area contributed by atoms with Gasteiger partial charge in [-0.15, -0.1) is 0 Å². The minimum Gasteiger partial charge on any atom is -0.476 e. The van der Waals surface area contributed by atoms with Gasteiger partial charge in [0.05, 0.1) is 17.1 Å². The third-order valence-electron chi connectivity index (χ3n) is 6.60. The van der Waals surface area contributed by atoms with Crippen molar-refractivity contribution in [2.24, 2.45) is 11.8 Å². The summed E-state index contributed by atoms with van der Waals surface area (Å²) in [5, 5.41) is 9.54. The topological polar surface area (TPSA) is 75.4 Å². The van der Waals surface area contributed by atoms with Crippen LogP contribution in [0.15, 0.2) is 29.1 Å². The number of carboxylic acid groups (broad SMARTS) is 1. The SMILES string of the molecule is CC(C)C#CC(C(C)C)N1[C@@H]2CC[C@H]1C[C@@H](n1c(=O)c(C(=O)O)nc3ccccc31)C2. The number of carboxylic acids is 1. The molecule has 2 bridgehead atoms. The summed E-state index contributed by atoms with van der Waals surface area (Å²) in [7, 11) is 0. The maximum atomic E-state index is 13.1. The van der Waals surface area contributed by atoms with Gasteiger partial charge in [0.15, 0.2) is 0 Å². The molecule has 3 heterocycles. The number of hydrogen-bond donors (Lipinski definition) is 1. The summed E-state index contributed by atoms with van der Waals surface area (Å²) in [5.41, 5.74) is 0.382. The predicted octanol–water partition coefficient (Wildman–Crippen LogP) is 3.95. The Hall–Kier alpha value is -2.65. The molecule has 2 saturated heterocycles. The molecule has 4 atom stereocenters. The Labute approximate surface area is 183 Å². The molecule has 1 aromatic carbocycles. The van der Waals surface area contributed by atoms with Crippen LogP contribution in [0.1, 0.15) is 69.9 Å². The molecule has 31 heavy (non-hydrogen) atoms. The maximum absolute atomic E-state index is 13.1. The standard InChI is InChI=1S/C25H31N3O3/c1-15(2)9-12-21(16(3)4)27-17-10-11-18(27)14-19(13-17)28-22-8-6-5-7-20(22)26-23(24(28)29)25(30)31/h5-8,15-19,21H,10-11,13-14H2,1-4H3,(H,30,31)/t17-,18+,19+,21?. The first-order valence-corrected chi connectivity index (χ1v) is 11.3. The second-order valence-electron chi connectivity index (χ2n) is 9.52. The third kappa shape index (κ3) is 3.99. The number of hydrogen-bond acceptors (Lipinski definition) is 4. The van der Waals surface area contributed by atoms with E-state index >= 15 is 0 Å². The minimum absolute atomic E-state index is 0.0295. The van der Waals surface area contributed by atoms with Crippen LogP contribution < -0.4 is 5.56 Å². The number of nitrogens with zero attached hydrogens (tertiary/aromatic N) is 3. The van der Waals surface area contributed by atoms with Crippen LogP contribution in [-0.4, -0.2) is 43.7 Å². The number of piperidine rings is 1. The highest BCUT2D eigenvalue weighted by Crippen LogP contribution is 2.43. The first kappa shape index (κ1) is 21.6. The highest BCUT2D eigenvalue weighted by Gasteiger charge is 2.45. The fraction of sp³-hybridized carbons (Fsp3) is 0.560. The van der Waals surface area contributed by atoms with Gasteiger partial charge >= 0.3 is 5.97 Å². The van der Waals surface area contributed by atoms with Gasteiger partial charge in [-0.2, -0.15) is 0 Å². The number of aromatic carboxylic acids is 1. The average molecular weight is 422 g/mol. The fourth-order valence-electron chi connectivity index (χ4n) is 5.34. The number of benzene rings is 1. The van der Waals surface area contributed by atoms with Crippen molar-refractivity contribution in [3.63, 3.8) is 0 Å². The Bertz CT molecular complexity index is 1090. The molecular weight excluding hydrogens is 390 g/mol. The molecule has 2 aromatic rings. The van der Waals surface area contributed by atoms with Gasteiger partial charge in [-0.05, 0) is 43.7 Å². The van der Waals surface area contributed by atoms with Gasteiger partial charge in [-0.3, -0.25) is 9.69 Å².